The van der Waals surface area contributed by atoms with Crippen LogP contribution in [0.5, 0.6) is 5.75 Å². The Bertz CT molecular complexity index is 1060. The molecule has 1 atom stereocenters. The summed E-state index contributed by atoms with van der Waals surface area (Å²) in [7, 11) is 0. The highest BCUT2D eigenvalue weighted by atomic mass is 16.5. The van der Waals surface area contributed by atoms with Gasteiger partial charge in [0.1, 0.15) is 18.1 Å². The van der Waals surface area contributed by atoms with E-state index in [2.05, 4.69) is 15.8 Å². The molecule has 32 heavy (non-hydrogen) atoms. The first-order valence-electron chi connectivity index (χ1n) is 9.96. The molecule has 3 aromatic rings. The third kappa shape index (κ3) is 6.18. The maximum atomic E-state index is 12.7. The van der Waals surface area contributed by atoms with E-state index >= 15 is 0 Å². The Balaban J connectivity index is 1.61. The van der Waals surface area contributed by atoms with Gasteiger partial charge in [-0.15, -0.1) is 0 Å². The van der Waals surface area contributed by atoms with Gasteiger partial charge in [0.15, 0.2) is 5.82 Å². The van der Waals surface area contributed by atoms with Gasteiger partial charge in [-0.1, -0.05) is 35.5 Å². The van der Waals surface area contributed by atoms with Crippen molar-refractivity contribution in [2.45, 2.75) is 20.0 Å². The molecule has 0 saturated heterocycles. The Hall–Kier alpha value is -4.14. The number of aryl methyl sites for hydroxylation is 1. The summed E-state index contributed by atoms with van der Waals surface area (Å²) in [6.45, 7) is 3.65. The summed E-state index contributed by atoms with van der Waals surface area (Å²) in [4.78, 5) is 37.4. The van der Waals surface area contributed by atoms with Gasteiger partial charge >= 0.3 is 5.97 Å². The molecule has 3 rings (SSSR count). The molecule has 0 aliphatic heterocycles. The van der Waals surface area contributed by atoms with E-state index in [0.717, 1.165) is 0 Å². The standard InChI is InChI=1S/C23H23N3O6/c1-3-30-18-11-9-17(10-12-18)22(28)24-14-20(27)31-21(16-7-5-4-6-8-16)23(29)25-19-13-15(2)32-26-19/h4-13,21H,3,14H2,1-2H3,(H,24,28)(H,25,26,29). The van der Waals surface area contributed by atoms with Crippen LogP contribution in [0.1, 0.15) is 34.7 Å². The fourth-order valence-electron chi connectivity index (χ4n) is 2.81. The number of nitrogens with zero attached hydrogens (tertiary/aromatic N) is 1. The van der Waals surface area contributed by atoms with Crippen molar-refractivity contribution in [2.24, 2.45) is 0 Å². The van der Waals surface area contributed by atoms with Crippen LogP contribution in [-0.4, -0.2) is 36.1 Å². The molecule has 2 N–H and O–H groups in total. The number of nitrogens with one attached hydrogen (secondary N) is 2. The Kier molecular flexibility index (Phi) is 7.58. The zero-order valence-electron chi connectivity index (χ0n) is 17.7. The predicted molar refractivity (Wildman–Crippen MR) is 115 cm³/mol. The van der Waals surface area contributed by atoms with Gasteiger partial charge in [-0.05, 0) is 38.1 Å². The van der Waals surface area contributed by atoms with Crippen LogP contribution in [0, 0.1) is 6.92 Å². The van der Waals surface area contributed by atoms with Crippen LogP contribution < -0.4 is 15.4 Å². The number of hydrogen-bond acceptors (Lipinski definition) is 7. The SMILES string of the molecule is CCOc1ccc(C(=O)NCC(=O)OC(C(=O)Nc2cc(C)on2)c2ccccc2)cc1. The normalized spacial score (nSPS) is 11.3. The van der Waals surface area contributed by atoms with Crippen molar-refractivity contribution in [3.63, 3.8) is 0 Å². The van der Waals surface area contributed by atoms with Gasteiger partial charge in [0, 0.05) is 17.2 Å². The highest BCUT2D eigenvalue weighted by molar-refractivity contribution is 5.97. The average Bonchev–Trinajstić information content (AvgIpc) is 3.21. The van der Waals surface area contributed by atoms with E-state index in [9.17, 15) is 14.4 Å². The lowest BCUT2D eigenvalue weighted by molar-refractivity contribution is -0.153. The van der Waals surface area contributed by atoms with Crippen molar-refractivity contribution in [3.05, 3.63) is 77.6 Å². The van der Waals surface area contributed by atoms with Crippen molar-refractivity contribution in [3.8, 4) is 5.75 Å². The molecular formula is C23H23N3O6. The summed E-state index contributed by atoms with van der Waals surface area (Å²) < 4.78 is 15.6. The molecule has 0 bridgehead atoms. The number of rotatable bonds is 9. The van der Waals surface area contributed by atoms with Gasteiger partial charge in [0.2, 0.25) is 6.10 Å². The van der Waals surface area contributed by atoms with Gasteiger partial charge in [0.05, 0.1) is 6.61 Å². The third-order valence-electron chi connectivity index (χ3n) is 4.29. The molecule has 1 heterocycles. The summed E-state index contributed by atoms with van der Waals surface area (Å²) in [5, 5.41) is 8.75. The molecule has 0 aliphatic rings. The largest absolute Gasteiger partial charge is 0.494 e. The van der Waals surface area contributed by atoms with Crippen molar-refractivity contribution < 1.29 is 28.4 Å². The lowest BCUT2D eigenvalue weighted by Gasteiger charge is -2.17. The minimum absolute atomic E-state index is 0.202. The number of ether oxygens (including phenoxy) is 2. The zero-order valence-corrected chi connectivity index (χ0v) is 17.7. The van der Waals surface area contributed by atoms with E-state index in [1.807, 2.05) is 6.92 Å². The van der Waals surface area contributed by atoms with Gasteiger partial charge in [-0.3, -0.25) is 14.4 Å². The molecule has 0 saturated carbocycles. The quantitative estimate of drug-likeness (QED) is 0.494. The van der Waals surface area contributed by atoms with Crippen LogP contribution in [0.3, 0.4) is 0 Å². The molecule has 0 spiro atoms. The highest BCUT2D eigenvalue weighted by Crippen LogP contribution is 2.20. The summed E-state index contributed by atoms with van der Waals surface area (Å²) in [5.41, 5.74) is 0.830. The van der Waals surface area contributed by atoms with Crippen molar-refractivity contribution in [1.29, 1.82) is 0 Å². The summed E-state index contributed by atoms with van der Waals surface area (Å²) >= 11 is 0. The van der Waals surface area contributed by atoms with Crippen molar-refractivity contribution in [1.82, 2.24) is 10.5 Å². The first-order chi connectivity index (χ1) is 15.5. The molecule has 1 unspecified atom stereocenters. The summed E-state index contributed by atoms with van der Waals surface area (Å²) in [6, 6.07) is 16.6. The Morgan fingerprint density at radius 1 is 1.06 bits per heavy atom. The second-order valence-electron chi connectivity index (χ2n) is 6.73. The molecular weight excluding hydrogens is 414 g/mol. The second kappa shape index (κ2) is 10.8. The molecule has 2 amide bonds. The molecule has 9 nitrogen and oxygen atoms in total. The van der Waals surface area contributed by atoms with E-state index in [0.29, 0.717) is 29.2 Å². The minimum Gasteiger partial charge on any atom is -0.494 e. The minimum atomic E-state index is -1.23. The van der Waals surface area contributed by atoms with E-state index in [-0.39, 0.29) is 5.82 Å². The van der Waals surface area contributed by atoms with Crippen LogP contribution in [0.15, 0.2) is 65.2 Å². The number of benzene rings is 2. The Morgan fingerprint density at radius 3 is 2.41 bits per heavy atom. The molecule has 0 radical (unpaired) electrons. The zero-order chi connectivity index (χ0) is 22.9. The molecule has 0 aliphatic carbocycles. The molecule has 1 aromatic heterocycles. The lowest BCUT2D eigenvalue weighted by atomic mass is 10.1. The van der Waals surface area contributed by atoms with Crippen LogP contribution in [0.4, 0.5) is 5.82 Å². The first kappa shape index (κ1) is 22.5. The maximum absolute atomic E-state index is 12.7. The van der Waals surface area contributed by atoms with Gasteiger partial charge in [-0.2, -0.15) is 0 Å². The number of esters is 1. The van der Waals surface area contributed by atoms with Gasteiger partial charge in [-0.25, -0.2) is 0 Å². The average molecular weight is 437 g/mol. The van der Waals surface area contributed by atoms with Gasteiger partial charge < -0.3 is 24.6 Å². The maximum Gasteiger partial charge on any atom is 0.326 e. The van der Waals surface area contributed by atoms with Crippen LogP contribution in [0.2, 0.25) is 0 Å². The van der Waals surface area contributed by atoms with Gasteiger partial charge in [0.25, 0.3) is 11.8 Å². The molecule has 2 aromatic carbocycles. The predicted octanol–water partition coefficient (Wildman–Crippen LogP) is 3.03. The van der Waals surface area contributed by atoms with E-state index in [4.69, 9.17) is 14.0 Å². The fourth-order valence-corrected chi connectivity index (χ4v) is 2.81. The van der Waals surface area contributed by atoms with Crippen LogP contribution >= 0.6 is 0 Å². The first-order valence-corrected chi connectivity index (χ1v) is 9.96. The highest BCUT2D eigenvalue weighted by Gasteiger charge is 2.26. The van der Waals surface area contributed by atoms with E-state index in [1.165, 1.54) is 0 Å². The lowest BCUT2D eigenvalue weighted by Crippen LogP contribution is -2.33. The number of amides is 2. The van der Waals surface area contributed by atoms with E-state index in [1.54, 1.807) is 67.6 Å². The number of anilines is 1. The van der Waals surface area contributed by atoms with E-state index < -0.39 is 30.4 Å². The second-order valence-corrected chi connectivity index (χ2v) is 6.73. The Morgan fingerprint density at radius 2 is 1.78 bits per heavy atom. The fraction of sp³-hybridized carbons (Fsp3) is 0.217. The third-order valence-corrected chi connectivity index (χ3v) is 4.29. The topological polar surface area (TPSA) is 120 Å². The van der Waals surface area contributed by atoms with Crippen LogP contribution in [0.25, 0.3) is 0 Å². The number of aromatic nitrogens is 1. The van der Waals surface area contributed by atoms with Crippen molar-refractivity contribution >= 4 is 23.6 Å². The smallest absolute Gasteiger partial charge is 0.326 e. The van der Waals surface area contributed by atoms with Crippen LogP contribution in [-0.2, 0) is 14.3 Å². The number of hydrogen-bond donors (Lipinski definition) is 2. The molecule has 0 fully saturated rings. The summed E-state index contributed by atoms with van der Waals surface area (Å²) in [5.74, 6) is -0.467. The monoisotopic (exact) mass is 437 g/mol. The number of carbonyl (C=O) groups excluding carboxylic acids is 3. The summed E-state index contributed by atoms with van der Waals surface area (Å²) in [6.07, 6.45) is -1.23. The molecule has 166 valence electrons. The Labute approximate surface area is 184 Å². The number of carbonyl (C=O) groups is 3. The molecule has 9 heteroatoms. The van der Waals surface area contributed by atoms with Crippen molar-refractivity contribution in [2.75, 3.05) is 18.5 Å².